The smallest absolute Gasteiger partial charge is 0.188 e. The number of nitrogens with zero attached hydrogens (tertiary/aromatic N) is 4. The van der Waals surface area contributed by atoms with E-state index < -0.39 is 8.07 Å². The Morgan fingerprint density at radius 2 is 1.26 bits per heavy atom. The summed E-state index contributed by atoms with van der Waals surface area (Å²) >= 11 is 0. The molecule has 53 heavy (non-hydrogen) atoms. The van der Waals surface area contributed by atoms with Crippen molar-refractivity contribution in [3.8, 4) is 33.8 Å². The number of fused-ring (bicyclic) bond motifs is 4. The van der Waals surface area contributed by atoms with Crippen LogP contribution in [0.5, 0.6) is 0 Å². The first-order valence-electron chi connectivity index (χ1n) is 18.0. The van der Waals surface area contributed by atoms with Gasteiger partial charge >= 0.3 is 0 Å². The van der Waals surface area contributed by atoms with Crippen LogP contribution in [0.2, 0.25) is 13.1 Å². The van der Waals surface area contributed by atoms with Crippen molar-refractivity contribution >= 4 is 51.3 Å². The first-order chi connectivity index (χ1) is 25.4. The first-order valence-corrected chi connectivity index (χ1v) is 21.0. The van der Waals surface area contributed by atoms with E-state index >= 15 is 0 Å². The van der Waals surface area contributed by atoms with Crippen LogP contribution in [0.1, 0.15) is 19.9 Å². The maximum atomic E-state index is 4.99. The van der Waals surface area contributed by atoms with Crippen LogP contribution in [0.15, 0.2) is 158 Å². The Morgan fingerprint density at radius 1 is 0.604 bits per heavy atom. The second-order valence-electron chi connectivity index (χ2n) is 14.4. The molecule has 9 aromatic rings. The van der Waals surface area contributed by atoms with Gasteiger partial charge in [0.05, 0.1) is 14.1 Å². The molecule has 0 spiro atoms. The molecular weight excluding hydrogens is 844 g/mol. The van der Waals surface area contributed by atoms with Crippen LogP contribution in [0, 0.1) is 12.1 Å². The fourth-order valence-electron chi connectivity index (χ4n) is 7.65. The molecule has 6 aromatic carbocycles. The van der Waals surface area contributed by atoms with Gasteiger partial charge in [-0.3, -0.25) is 0 Å². The zero-order valence-corrected chi connectivity index (χ0v) is 33.5. The maximum absolute atomic E-state index is 4.99. The average molecular weight is 883 g/mol. The molecule has 0 atom stereocenters. The standard InChI is InChI=1S/C47H39N4Si.Pt/c1-33(2)49-32-50(45-24-13-12-23-44(45)49)36-17-14-18-37(30-36)52(3,4)38-25-26-42-41-21-10-11-22-43(41)51(46(42)31-38)47-29-35(27-28-48-47)40-20-9-8-19-39(40)34-15-6-5-7-16-34;/h5-29,32-33H,1-4H3;/q-1;. The Kier molecular flexibility index (Phi) is 9.10. The maximum Gasteiger partial charge on any atom is 0.188 e. The molecule has 3 aromatic heterocycles. The van der Waals surface area contributed by atoms with Crippen LogP contribution in [0.4, 0.5) is 0 Å². The number of aromatic nitrogens is 4. The normalized spacial score (nSPS) is 11.8. The Hall–Kier alpha value is -5.35. The van der Waals surface area contributed by atoms with Crippen molar-refractivity contribution in [2.24, 2.45) is 0 Å². The predicted molar refractivity (Wildman–Crippen MR) is 220 cm³/mol. The van der Waals surface area contributed by atoms with Gasteiger partial charge in [0.25, 0.3) is 0 Å². The summed E-state index contributed by atoms with van der Waals surface area (Å²) in [5, 5.41) is 4.85. The predicted octanol–water partition coefficient (Wildman–Crippen LogP) is 10.5. The van der Waals surface area contributed by atoms with Gasteiger partial charge < -0.3 is 4.57 Å². The van der Waals surface area contributed by atoms with Crippen LogP contribution in [0.25, 0.3) is 66.6 Å². The molecular formula is C47H39N4PtSi-. The summed E-state index contributed by atoms with van der Waals surface area (Å²) in [5.41, 5.74) is 10.3. The molecule has 0 unspecified atom stereocenters. The molecule has 0 N–H and O–H groups in total. The third-order valence-electron chi connectivity index (χ3n) is 10.5. The molecule has 0 aliphatic carbocycles. The van der Waals surface area contributed by atoms with Crippen molar-refractivity contribution in [1.29, 1.82) is 0 Å². The minimum Gasteiger partial charge on any atom is -0.319 e. The minimum absolute atomic E-state index is 0. The van der Waals surface area contributed by atoms with Crippen LogP contribution in [0.3, 0.4) is 0 Å². The molecule has 4 nitrogen and oxygen atoms in total. The summed E-state index contributed by atoms with van der Waals surface area (Å²) in [6.07, 6.45) is 4.15. The zero-order chi connectivity index (χ0) is 35.4. The van der Waals surface area contributed by atoms with E-state index in [9.17, 15) is 0 Å². The van der Waals surface area contributed by atoms with Gasteiger partial charge in [0.15, 0.2) is 17.4 Å². The van der Waals surface area contributed by atoms with E-state index in [4.69, 9.17) is 4.98 Å². The van der Waals surface area contributed by atoms with E-state index in [1.54, 1.807) is 0 Å². The summed E-state index contributed by atoms with van der Waals surface area (Å²) in [7, 11) is -2.27. The van der Waals surface area contributed by atoms with Crippen molar-refractivity contribution in [2.45, 2.75) is 33.0 Å². The Labute approximate surface area is 326 Å². The van der Waals surface area contributed by atoms with E-state index in [0.717, 1.165) is 28.1 Å². The minimum atomic E-state index is -2.27. The molecule has 9 rings (SSSR count). The molecule has 0 radical (unpaired) electrons. The number of benzene rings is 6. The quantitative estimate of drug-likeness (QED) is 0.116. The fraction of sp³-hybridized carbons (Fsp3) is 0.106. The monoisotopic (exact) mass is 882 g/mol. The van der Waals surface area contributed by atoms with Crippen molar-refractivity contribution < 1.29 is 21.1 Å². The van der Waals surface area contributed by atoms with E-state index in [-0.39, 0.29) is 21.1 Å². The van der Waals surface area contributed by atoms with Crippen LogP contribution in [-0.2, 0) is 21.1 Å². The molecule has 3 heterocycles. The summed E-state index contributed by atoms with van der Waals surface area (Å²) in [5.74, 6) is 0.880. The van der Waals surface area contributed by atoms with Crippen molar-refractivity contribution in [3.05, 3.63) is 170 Å². The third kappa shape index (κ3) is 5.98. The summed E-state index contributed by atoms with van der Waals surface area (Å²) in [6.45, 7) is 9.28. The topological polar surface area (TPSA) is 27.7 Å². The molecule has 0 amide bonds. The number of pyridine rings is 1. The Bertz CT molecular complexity index is 2760. The van der Waals surface area contributed by atoms with Crippen molar-refractivity contribution in [3.63, 3.8) is 0 Å². The van der Waals surface area contributed by atoms with Crippen molar-refractivity contribution in [2.75, 3.05) is 0 Å². The second kappa shape index (κ2) is 13.9. The number of imidazole rings is 1. The average Bonchev–Trinajstić information content (AvgIpc) is 3.75. The van der Waals surface area contributed by atoms with Gasteiger partial charge in [-0.2, -0.15) is 40.7 Å². The van der Waals surface area contributed by atoms with Crippen LogP contribution in [-0.4, -0.2) is 26.8 Å². The zero-order valence-electron chi connectivity index (χ0n) is 30.2. The molecule has 6 heteroatoms. The Morgan fingerprint density at radius 3 is 2.04 bits per heavy atom. The number of para-hydroxylation sites is 3. The molecule has 0 saturated heterocycles. The van der Waals surface area contributed by atoms with E-state index in [0.29, 0.717) is 6.04 Å². The summed E-state index contributed by atoms with van der Waals surface area (Å²) in [4.78, 5) is 4.99. The molecule has 0 aliphatic heterocycles. The number of hydrogen-bond acceptors (Lipinski definition) is 1. The van der Waals surface area contributed by atoms with E-state index in [2.05, 4.69) is 205 Å². The van der Waals surface area contributed by atoms with Gasteiger partial charge in [0.1, 0.15) is 5.82 Å². The van der Waals surface area contributed by atoms with Gasteiger partial charge in [-0.15, -0.1) is 17.5 Å². The summed E-state index contributed by atoms with van der Waals surface area (Å²) < 4.78 is 6.91. The Balaban J connectivity index is 0.00000400. The van der Waals surface area contributed by atoms with Gasteiger partial charge in [-0.25, -0.2) is 14.1 Å². The molecule has 0 bridgehead atoms. The second-order valence-corrected chi connectivity index (χ2v) is 18.7. The van der Waals surface area contributed by atoms with Gasteiger partial charge in [-0.1, -0.05) is 91.4 Å². The van der Waals surface area contributed by atoms with E-state index in [1.807, 2.05) is 6.20 Å². The first kappa shape index (κ1) is 34.7. The molecule has 0 aliphatic rings. The van der Waals surface area contributed by atoms with Crippen molar-refractivity contribution in [1.82, 2.24) is 18.7 Å². The molecule has 0 saturated carbocycles. The SMILES string of the molecule is CC(C)n1[cH+]n(-c2[c-]c([Si](C)(C)c3[c-]c4c(cc3)c3ccccc3n4-c3cc(-c4ccccc4-c4ccccc4)ccn3)ccc2)c2ccccc21.[Pt]. The van der Waals surface area contributed by atoms with Gasteiger partial charge in [0.2, 0.25) is 0 Å². The van der Waals surface area contributed by atoms with Crippen LogP contribution < -0.4 is 10.4 Å². The van der Waals surface area contributed by atoms with E-state index in [1.165, 1.54) is 48.9 Å². The number of rotatable bonds is 7. The van der Waals surface area contributed by atoms with Gasteiger partial charge in [-0.05, 0) is 71.8 Å². The number of hydrogen-bond donors (Lipinski definition) is 0. The molecule has 0 fully saturated rings. The largest absolute Gasteiger partial charge is 0.319 e. The van der Waals surface area contributed by atoms with Crippen LogP contribution >= 0.6 is 0 Å². The fourth-order valence-corrected chi connectivity index (χ4v) is 9.83. The summed E-state index contributed by atoms with van der Waals surface area (Å²) in [6, 6.07) is 60.2. The third-order valence-corrected chi connectivity index (χ3v) is 13.8. The molecule has 262 valence electrons. The van der Waals surface area contributed by atoms with Gasteiger partial charge in [0, 0.05) is 50.6 Å².